The number of amides is 4. The van der Waals surface area contributed by atoms with Gasteiger partial charge in [-0.15, -0.1) is 0 Å². The van der Waals surface area contributed by atoms with Gasteiger partial charge in [-0.1, -0.05) is 30.3 Å². The molecule has 2 heterocycles. The van der Waals surface area contributed by atoms with E-state index >= 15 is 0 Å². The summed E-state index contributed by atoms with van der Waals surface area (Å²) in [4.78, 5) is 40.9. The maximum absolute atomic E-state index is 13.1. The van der Waals surface area contributed by atoms with Crippen molar-refractivity contribution >= 4 is 17.8 Å². The van der Waals surface area contributed by atoms with Gasteiger partial charge >= 0.3 is 6.03 Å². The Kier molecular flexibility index (Phi) is 5.87. The number of hydrogen-bond acceptors (Lipinski definition) is 5. The lowest BCUT2D eigenvalue weighted by Gasteiger charge is -2.23. The molecule has 0 bridgehead atoms. The van der Waals surface area contributed by atoms with Gasteiger partial charge in [-0.3, -0.25) is 14.5 Å². The van der Waals surface area contributed by atoms with Crippen molar-refractivity contribution in [1.29, 1.82) is 0 Å². The molecule has 9 heteroatoms. The second kappa shape index (κ2) is 8.78. The number of nitrogens with zero attached hydrogens (tertiary/aromatic N) is 4. The van der Waals surface area contributed by atoms with Crippen molar-refractivity contribution < 1.29 is 19.1 Å². The van der Waals surface area contributed by atoms with E-state index in [1.54, 1.807) is 56.2 Å². The summed E-state index contributed by atoms with van der Waals surface area (Å²) < 4.78 is 6.88. The van der Waals surface area contributed by atoms with E-state index in [0.717, 1.165) is 16.2 Å². The van der Waals surface area contributed by atoms with Crippen molar-refractivity contribution in [2.45, 2.75) is 19.0 Å². The molecular weight excluding hydrogens is 422 g/mol. The zero-order valence-corrected chi connectivity index (χ0v) is 18.7. The first-order valence-electron chi connectivity index (χ1n) is 10.4. The molecule has 1 N–H and O–H groups in total. The molecule has 9 nitrogen and oxygen atoms in total. The first-order valence-corrected chi connectivity index (χ1v) is 10.4. The lowest BCUT2D eigenvalue weighted by atomic mass is 9.92. The highest BCUT2D eigenvalue weighted by Crippen LogP contribution is 2.30. The van der Waals surface area contributed by atoms with Crippen LogP contribution in [0.5, 0.6) is 5.75 Å². The van der Waals surface area contributed by atoms with Crippen LogP contribution in [0.25, 0.3) is 5.69 Å². The smallest absolute Gasteiger partial charge is 0.325 e. The zero-order valence-electron chi connectivity index (χ0n) is 18.7. The maximum Gasteiger partial charge on any atom is 0.325 e. The van der Waals surface area contributed by atoms with E-state index in [4.69, 9.17) is 4.74 Å². The van der Waals surface area contributed by atoms with Gasteiger partial charge in [0.05, 0.1) is 19.0 Å². The zero-order chi connectivity index (χ0) is 23.6. The molecule has 1 atom stereocenters. The van der Waals surface area contributed by atoms with Crippen LogP contribution < -0.4 is 10.1 Å². The van der Waals surface area contributed by atoms with Gasteiger partial charge in [0, 0.05) is 25.4 Å². The quantitative estimate of drug-likeness (QED) is 0.561. The Balaban J connectivity index is 1.42. The van der Waals surface area contributed by atoms with Gasteiger partial charge < -0.3 is 15.0 Å². The highest BCUT2D eigenvalue weighted by molar-refractivity contribution is 6.09. The summed E-state index contributed by atoms with van der Waals surface area (Å²) in [6.07, 6.45) is 3.53. The molecule has 3 aromatic rings. The number of likely N-dealkylation sites (N-methyl/N-ethyl adjacent to an activating group) is 1. The number of nitrogens with one attached hydrogen (secondary N) is 1. The Labute approximate surface area is 191 Å². The Hall–Kier alpha value is -4.14. The number of rotatable bonds is 7. The molecule has 1 unspecified atom stereocenters. The van der Waals surface area contributed by atoms with E-state index in [2.05, 4.69) is 10.4 Å². The third-order valence-electron chi connectivity index (χ3n) is 5.74. The summed E-state index contributed by atoms with van der Waals surface area (Å²) in [5.41, 5.74) is 1.10. The Morgan fingerprint density at radius 3 is 2.48 bits per heavy atom. The average molecular weight is 447 g/mol. The highest BCUT2D eigenvalue weighted by atomic mass is 16.5. The number of urea groups is 1. The van der Waals surface area contributed by atoms with Crippen LogP contribution in [0.15, 0.2) is 67.0 Å². The van der Waals surface area contributed by atoms with Crippen molar-refractivity contribution in [3.8, 4) is 11.4 Å². The van der Waals surface area contributed by atoms with Gasteiger partial charge in [-0.05, 0) is 36.8 Å². The fourth-order valence-electron chi connectivity index (χ4n) is 3.74. The normalized spacial score (nSPS) is 17.7. The van der Waals surface area contributed by atoms with Crippen molar-refractivity contribution in [3.05, 3.63) is 78.1 Å². The highest BCUT2D eigenvalue weighted by Gasteiger charge is 2.49. The lowest BCUT2D eigenvalue weighted by molar-refractivity contribution is -0.138. The predicted octanol–water partition coefficient (Wildman–Crippen LogP) is 2.31. The number of methoxy groups -OCH3 is 1. The monoisotopic (exact) mass is 447 g/mol. The number of benzene rings is 2. The van der Waals surface area contributed by atoms with E-state index in [0.29, 0.717) is 17.9 Å². The van der Waals surface area contributed by atoms with Gasteiger partial charge in [-0.2, -0.15) is 5.10 Å². The summed E-state index contributed by atoms with van der Waals surface area (Å²) in [5, 5.41) is 7.04. The van der Waals surface area contributed by atoms with E-state index in [1.807, 2.05) is 36.5 Å². The Morgan fingerprint density at radius 1 is 1.12 bits per heavy atom. The number of ether oxygens (including phenoxy) is 1. The van der Waals surface area contributed by atoms with Crippen molar-refractivity contribution in [1.82, 2.24) is 24.9 Å². The molecule has 170 valence electrons. The number of carbonyl (C=O) groups excluding carboxylic acids is 3. The molecule has 2 aromatic carbocycles. The number of aromatic nitrogens is 2. The standard InChI is InChI=1S/C24H25N5O4/c1-24(18-9-11-20(33-3)12-10-18)22(31)28(23(32)26-24)16-21(30)27(2)14-17-13-25-29(15-17)19-7-5-4-6-8-19/h4-13,15H,14,16H2,1-3H3,(H,26,32). The number of hydrogen-bond donors (Lipinski definition) is 1. The molecule has 4 amide bonds. The third kappa shape index (κ3) is 4.30. The molecule has 0 spiro atoms. The van der Waals surface area contributed by atoms with Gasteiger partial charge in [0.1, 0.15) is 17.8 Å². The largest absolute Gasteiger partial charge is 0.497 e. The molecule has 4 rings (SSSR count). The fourth-order valence-corrected chi connectivity index (χ4v) is 3.74. The van der Waals surface area contributed by atoms with Crippen molar-refractivity contribution in [3.63, 3.8) is 0 Å². The van der Waals surface area contributed by atoms with Crippen LogP contribution in [-0.2, 0) is 21.7 Å². The molecule has 0 aliphatic carbocycles. The summed E-state index contributed by atoms with van der Waals surface area (Å²) in [6, 6.07) is 15.9. The molecule has 1 saturated heterocycles. The molecule has 1 aliphatic heterocycles. The topological polar surface area (TPSA) is 96.8 Å². The maximum atomic E-state index is 13.1. The number of para-hydroxylation sites is 1. The van der Waals surface area contributed by atoms with Crippen LogP contribution in [0.4, 0.5) is 4.79 Å². The van der Waals surface area contributed by atoms with Crippen LogP contribution >= 0.6 is 0 Å². The fraction of sp³-hybridized carbons (Fsp3) is 0.250. The van der Waals surface area contributed by atoms with Gasteiger partial charge in [0.25, 0.3) is 5.91 Å². The summed E-state index contributed by atoms with van der Waals surface area (Å²) in [7, 11) is 3.18. The van der Waals surface area contributed by atoms with Crippen molar-refractivity contribution in [2.24, 2.45) is 0 Å². The number of imide groups is 1. The third-order valence-corrected chi connectivity index (χ3v) is 5.74. The van der Waals surface area contributed by atoms with Crippen LogP contribution in [0, 0.1) is 0 Å². The molecule has 1 fully saturated rings. The Bertz CT molecular complexity index is 1180. The van der Waals surface area contributed by atoms with Crippen LogP contribution in [-0.4, -0.2) is 58.1 Å². The second-order valence-electron chi connectivity index (χ2n) is 8.05. The molecular formula is C24H25N5O4. The minimum absolute atomic E-state index is 0.297. The summed E-state index contributed by atoms with van der Waals surface area (Å²) >= 11 is 0. The van der Waals surface area contributed by atoms with Crippen LogP contribution in [0.2, 0.25) is 0 Å². The molecule has 1 aromatic heterocycles. The minimum Gasteiger partial charge on any atom is -0.497 e. The van der Waals surface area contributed by atoms with Gasteiger partial charge in [0.2, 0.25) is 5.91 Å². The Morgan fingerprint density at radius 2 is 1.82 bits per heavy atom. The average Bonchev–Trinajstić information content (AvgIpc) is 3.38. The van der Waals surface area contributed by atoms with Gasteiger partial charge in [-0.25, -0.2) is 9.48 Å². The van der Waals surface area contributed by atoms with E-state index in [-0.39, 0.29) is 12.5 Å². The van der Waals surface area contributed by atoms with Crippen molar-refractivity contribution in [2.75, 3.05) is 20.7 Å². The first-order chi connectivity index (χ1) is 15.8. The molecule has 33 heavy (non-hydrogen) atoms. The number of carbonyl (C=O) groups is 3. The molecule has 0 radical (unpaired) electrons. The summed E-state index contributed by atoms with van der Waals surface area (Å²) in [6.45, 7) is 1.58. The molecule has 1 aliphatic rings. The van der Waals surface area contributed by atoms with E-state index < -0.39 is 17.5 Å². The van der Waals surface area contributed by atoms with Crippen LogP contribution in [0.3, 0.4) is 0 Å². The molecule has 0 saturated carbocycles. The summed E-state index contributed by atoms with van der Waals surface area (Å²) in [5.74, 6) is -0.190. The van der Waals surface area contributed by atoms with E-state index in [9.17, 15) is 14.4 Å². The predicted molar refractivity (Wildman–Crippen MR) is 121 cm³/mol. The van der Waals surface area contributed by atoms with Gasteiger partial charge in [0.15, 0.2) is 0 Å². The lowest BCUT2D eigenvalue weighted by Crippen LogP contribution is -2.43. The second-order valence-corrected chi connectivity index (χ2v) is 8.05. The minimum atomic E-state index is -1.25. The SMILES string of the molecule is COc1ccc(C2(C)NC(=O)N(CC(=O)N(C)Cc3cnn(-c4ccccc4)c3)C2=O)cc1. The first kappa shape index (κ1) is 22.1. The van der Waals surface area contributed by atoms with Crippen LogP contribution in [0.1, 0.15) is 18.1 Å². The van der Waals surface area contributed by atoms with E-state index in [1.165, 1.54) is 4.90 Å².